The van der Waals surface area contributed by atoms with Crippen LogP contribution in [0.4, 0.5) is 0 Å². The number of aromatic nitrogens is 1. The molecule has 0 amide bonds. The largest absolute Gasteiger partial charge is 0.321 e. The van der Waals surface area contributed by atoms with E-state index >= 15 is 0 Å². The average Bonchev–Trinajstić information content (AvgIpc) is 2.55. The summed E-state index contributed by atoms with van der Waals surface area (Å²) in [4.78, 5) is 1.20. The fourth-order valence-electron chi connectivity index (χ4n) is 1.07. The maximum Gasteiger partial charge on any atom is 0.0514 e. The SMILES string of the molecule is CCC(N)(CC)c1ccns1. The second-order valence-electron chi connectivity index (χ2n) is 2.74. The lowest BCUT2D eigenvalue weighted by Crippen LogP contribution is -2.33. The molecule has 0 aliphatic carbocycles. The van der Waals surface area contributed by atoms with Crippen molar-refractivity contribution in [3.8, 4) is 0 Å². The molecule has 1 aromatic rings. The predicted molar refractivity (Wildman–Crippen MR) is 48.6 cm³/mol. The Bertz CT molecular complexity index is 202. The summed E-state index contributed by atoms with van der Waals surface area (Å²) in [6, 6.07) is 2.01. The molecule has 0 fully saturated rings. The second kappa shape index (κ2) is 3.32. The van der Waals surface area contributed by atoms with Gasteiger partial charge in [-0.1, -0.05) is 13.8 Å². The van der Waals surface area contributed by atoms with Gasteiger partial charge in [0.1, 0.15) is 0 Å². The van der Waals surface area contributed by atoms with Crippen LogP contribution in [0.5, 0.6) is 0 Å². The highest BCUT2D eigenvalue weighted by molar-refractivity contribution is 7.05. The molecule has 0 bridgehead atoms. The molecule has 11 heavy (non-hydrogen) atoms. The maximum atomic E-state index is 6.13. The first-order valence-corrected chi connectivity index (χ1v) is 4.70. The van der Waals surface area contributed by atoms with Crippen LogP contribution in [0, 0.1) is 0 Å². The Balaban J connectivity index is 2.87. The van der Waals surface area contributed by atoms with E-state index in [4.69, 9.17) is 5.73 Å². The van der Waals surface area contributed by atoms with Crippen molar-refractivity contribution in [1.29, 1.82) is 0 Å². The number of hydrogen-bond donors (Lipinski definition) is 1. The Morgan fingerprint density at radius 3 is 2.55 bits per heavy atom. The Hall–Kier alpha value is -0.410. The normalized spacial score (nSPS) is 11.9. The van der Waals surface area contributed by atoms with Gasteiger partial charge in [-0.15, -0.1) is 0 Å². The van der Waals surface area contributed by atoms with Crippen LogP contribution >= 0.6 is 11.5 Å². The Kier molecular flexibility index (Phi) is 2.62. The van der Waals surface area contributed by atoms with Crippen LogP contribution in [0.1, 0.15) is 31.6 Å². The molecule has 0 aromatic carbocycles. The van der Waals surface area contributed by atoms with E-state index in [1.807, 2.05) is 12.3 Å². The third kappa shape index (κ3) is 1.60. The molecule has 0 atom stereocenters. The van der Waals surface area contributed by atoms with Crippen molar-refractivity contribution in [3.05, 3.63) is 17.1 Å². The zero-order valence-electron chi connectivity index (χ0n) is 7.00. The van der Waals surface area contributed by atoms with Crippen molar-refractivity contribution < 1.29 is 0 Å². The van der Waals surface area contributed by atoms with Crippen molar-refractivity contribution in [1.82, 2.24) is 4.37 Å². The van der Waals surface area contributed by atoms with Crippen molar-refractivity contribution in [2.24, 2.45) is 5.73 Å². The van der Waals surface area contributed by atoms with E-state index < -0.39 is 0 Å². The molecule has 1 rings (SSSR count). The van der Waals surface area contributed by atoms with E-state index in [0.717, 1.165) is 12.8 Å². The molecule has 62 valence electrons. The summed E-state index contributed by atoms with van der Waals surface area (Å²) >= 11 is 1.50. The number of rotatable bonds is 3. The highest BCUT2D eigenvalue weighted by Gasteiger charge is 2.23. The molecule has 0 radical (unpaired) electrons. The van der Waals surface area contributed by atoms with Crippen molar-refractivity contribution >= 4 is 11.5 Å². The van der Waals surface area contributed by atoms with Gasteiger partial charge in [-0.05, 0) is 30.4 Å². The monoisotopic (exact) mass is 170 g/mol. The Morgan fingerprint density at radius 1 is 1.55 bits per heavy atom. The second-order valence-corrected chi connectivity index (χ2v) is 3.57. The highest BCUT2D eigenvalue weighted by Crippen LogP contribution is 2.27. The van der Waals surface area contributed by atoms with Gasteiger partial charge < -0.3 is 5.73 Å². The summed E-state index contributed by atoms with van der Waals surface area (Å²) in [6.45, 7) is 4.23. The average molecular weight is 170 g/mol. The topological polar surface area (TPSA) is 38.9 Å². The van der Waals surface area contributed by atoms with E-state index in [0.29, 0.717) is 0 Å². The molecule has 0 aliphatic heterocycles. The number of hydrogen-bond acceptors (Lipinski definition) is 3. The van der Waals surface area contributed by atoms with Gasteiger partial charge in [-0.2, -0.15) is 0 Å². The standard InChI is InChI=1S/C8H14N2S/c1-3-8(9,4-2)7-5-6-10-11-7/h5-6H,3-4,9H2,1-2H3. The quantitative estimate of drug-likeness (QED) is 0.754. The van der Waals surface area contributed by atoms with E-state index in [1.54, 1.807) is 0 Å². The zero-order chi connectivity index (χ0) is 8.32. The van der Waals surface area contributed by atoms with Crippen LogP contribution in [0.2, 0.25) is 0 Å². The van der Waals surface area contributed by atoms with Crippen LogP contribution in [0.25, 0.3) is 0 Å². The molecule has 2 nitrogen and oxygen atoms in total. The van der Waals surface area contributed by atoms with E-state index in [1.165, 1.54) is 16.4 Å². The molecule has 3 heteroatoms. The van der Waals surface area contributed by atoms with E-state index in [2.05, 4.69) is 18.2 Å². The van der Waals surface area contributed by atoms with Crippen LogP contribution in [-0.4, -0.2) is 4.37 Å². The van der Waals surface area contributed by atoms with Gasteiger partial charge in [0.05, 0.1) is 5.54 Å². The first kappa shape index (κ1) is 8.68. The molecule has 0 spiro atoms. The van der Waals surface area contributed by atoms with E-state index in [9.17, 15) is 0 Å². The lowest BCUT2D eigenvalue weighted by Gasteiger charge is -2.24. The fraction of sp³-hybridized carbons (Fsp3) is 0.625. The molecule has 2 N–H and O–H groups in total. The number of nitrogens with zero attached hydrogens (tertiary/aromatic N) is 1. The van der Waals surface area contributed by atoms with Crippen molar-refractivity contribution in [3.63, 3.8) is 0 Å². The lowest BCUT2D eigenvalue weighted by molar-refractivity contribution is 0.421. The molecule has 0 aliphatic rings. The first-order valence-electron chi connectivity index (χ1n) is 3.93. The minimum Gasteiger partial charge on any atom is -0.321 e. The van der Waals surface area contributed by atoms with Gasteiger partial charge in [0.15, 0.2) is 0 Å². The maximum absolute atomic E-state index is 6.13. The highest BCUT2D eigenvalue weighted by atomic mass is 32.1. The van der Waals surface area contributed by atoms with E-state index in [-0.39, 0.29) is 5.54 Å². The van der Waals surface area contributed by atoms with Crippen LogP contribution < -0.4 is 5.73 Å². The van der Waals surface area contributed by atoms with Gasteiger partial charge in [0.25, 0.3) is 0 Å². The van der Waals surface area contributed by atoms with Crippen LogP contribution in [0.15, 0.2) is 12.3 Å². The molecule has 1 heterocycles. The first-order chi connectivity index (χ1) is 5.23. The summed E-state index contributed by atoms with van der Waals surface area (Å²) in [5, 5.41) is 0. The smallest absolute Gasteiger partial charge is 0.0514 e. The summed E-state index contributed by atoms with van der Waals surface area (Å²) in [6.07, 6.45) is 3.77. The Labute approximate surface area is 71.6 Å². The van der Waals surface area contributed by atoms with Gasteiger partial charge in [-0.25, -0.2) is 4.37 Å². The fourth-order valence-corrected chi connectivity index (χ4v) is 1.90. The minimum absolute atomic E-state index is 0.138. The lowest BCUT2D eigenvalue weighted by atomic mass is 9.93. The molecular weight excluding hydrogens is 156 g/mol. The van der Waals surface area contributed by atoms with Gasteiger partial charge >= 0.3 is 0 Å². The van der Waals surface area contributed by atoms with Gasteiger partial charge in [-0.3, -0.25) is 0 Å². The van der Waals surface area contributed by atoms with Crippen molar-refractivity contribution in [2.45, 2.75) is 32.2 Å². The molecular formula is C8H14N2S. The summed E-state index contributed by atoms with van der Waals surface area (Å²) in [5.41, 5.74) is 6.00. The summed E-state index contributed by atoms with van der Waals surface area (Å²) in [7, 11) is 0. The van der Waals surface area contributed by atoms with Gasteiger partial charge in [0.2, 0.25) is 0 Å². The van der Waals surface area contributed by atoms with Crippen molar-refractivity contribution in [2.75, 3.05) is 0 Å². The Morgan fingerprint density at radius 2 is 2.18 bits per heavy atom. The van der Waals surface area contributed by atoms with Gasteiger partial charge in [0, 0.05) is 11.1 Å². The third-order valence-corrected chi connectivity index (χ3v) is 3.16. The number of nitrogens with two attached hydrogens (primary N) is 1. The molecule has 0 unspecified atom stereocenters. The summed E-state index contributed by atoms with van der Waals surface area (Å²) < 4.78 is 4.05. The van der Waals surface area contributed by atoms with Crippen LogP contribution in [0.3, 0.4) is 0 Å². The predicted octanol–water partition coefficient (Wildman–Crippen LogP) is 2.12. The minimum atomic E-state index is -0.138. The van der Waals surface area contributed by atoms with Crippen LogP contribution in [-0.2, 0) is 5.54 Å². The molecule has 0 saturated heterocycles. The third-order valence-electron chi connectivity index (χ3n) is 2.19. The molecule has 0 saturated carbocycles. The zero-order valence-corrected chi connectivity index (χ0v) is 7.82. The molecule has 1 aromatic heterocycles. The summed E-state index contributed by atoms with van der Waals surface area (Å²) in [5.74, 6) is 0.